The van der Waals surface area contributed by atoms with Gasteiger partial charge in [0.1, 0.15) is 11.5 Å². The molecular formula is C20H27NO3. The number of amides is 1. The molecule has 1 atom stereocenters. The molecule has 24 heavy (non-hydrogen) atoms. The SMILES string of the molecule is C.CCOc1cccc(C(=O)N[C@H](C)Cc2ccc(OC)cc2)c1. The van der Waals surface area contributed by atoms with Crippen LogP contribution in [0.5, 0.6) is 11.5 Å². The Morgan fingerprint density at radius 3 is 2.46 bits per heavy atom. The zero-order chi connectivity index (χ0) is 16.7. The average molecular weight is 329 g/mol. The standard InChI is InChI=1S/C19H23NO3.CH4/c1-4-23-18-7-5-6-16(13-18)19(21)20-14(2)12-15-8-10-17(22-3)11-9-15;/h5-11,13-14H,4,12H2,1-3H3,(H,20,21);1H4/t14-;/m1./s1. The van der Waals surface area contributed by atoms with Crippen molar-refractivity contribution >= 4 is 5.91 Å². The molecule has 4 nitrogen and oxygen atoms in total. The highest BCUT2D eigenvalue weighted by Gasteiger charge is 2.11. The lowest BCUT2D eigenvalue weighted by Gasteiger charge is -2.15. The van der Waals surface area contributed by atoms with E-state index in [9.17, 15) is 4.79 Å². The van der Waals surface area contributed by atoms with Crippen molar-refractivity contribution < 1.29 is 14.3 Å². The second kappa shape index (κ2) is 9.60. The Balaban J connectivity index is 0.00000288. The first-order valence-corrected chi connectivity index (χ1v) is 7.79. The van der Waals surface area contributed by atoms with Crippen molar-refractivity contribution in [3.63, 3.8) is 0 Å². The van der Waals surface area contributed by atoms with Crippen molar-refractivity contribution in [1.29, 1.82) is 0 Å². The summed E-state index contributed by atoms with van der Waals surface area (Å²) in [5.41, 5.74) is 1.76. The molecule has 0 aliphatic carbocycles. The fourth-order valence-electron chi connectivity index (χ4n) is 2.37. The van der Waals surface area contributed by atoms with Gasteiger partial charge in [0.2, 0.25) is 0 Å². The first kappa shape index (κ1) is 19.6. The van der Waals surface area contributed by atoms with E-state index in [4.69, 9.17) is 9.47 Å². The van der Waals surface area contributed by atoms with Gasteiger partial charge in [0.25, 0.3) is 5.91 Å². The molecule has 2 rings (SSSR count). The fourth-order valence-corrected chi connectivity index (χ4v) is 2.37. The molecule has 0 unspecified atom stereocenters. The van der Waals surface area contributed by atoms with E-state index in [1.54, 1.807) is 19.2 Å². The number of ether oxygens (including phenoxy) is 2. The number of nitrogens with one attached hydrogen (secondary N) is 1. The van der Waals surface area contributed by atoms with Gasteiger partial charge in [-0.05, 0) is 56.2 Å². The summed E-state index contributed by atoms with van der Waals surface area (Å²) < 4.78 is 10.6. The van der Waals surface area contributed by atoms with E-state index in [0.29, 0.717) is 17.9 Å². The van der Waals surface area contributed by atoms with Crippen LogP contribution < -0.4 is 14.8 Å². The molecule has 0 bridgehead atoms. The second-order valence-corrected chi connectivity index (χ2v) is 5.39. The van der Waals surface area contributed by atoms with E-state index in [1.807, 2.05) is 50.2 Å². The minimum absolute atomic E-state index is 0. The van der Waals surface area contributed by atoms with Crippen molar-refractivity contribution in [1.82, 2.24) is 5.32 Å². The largest absolute Gasteiger partial charge is 0.497 e. The summed E-state index contributed by atoms with van der Waals surface area (Å²) in [6, 6.07) is 15.1. The van der Waals surface area contributed by atoms with Crippen LogP contribution in [0.4, 0.5) is 0 Å². The molecule has 0 aliphatic heterocycles. The van der Waals surface area contributed by atoms with Gasteiger partial charge in [0.15, 0.2) is 0 Å². The van der Waals surface area contributed by atoms with Gasteiger partial charge in [-0.15, -0.1) is 0 Å². The van der Waals surface area contributed by atoms with E-state index in [-0.39, 0.29) is 19.4 Å². The summed E-state index contributed by atoms with van der Waals surface area (Å²) in [6.45, 7) is 4.50. The van der Waals surface area contributed by atoms with Crippen LogP contribution in [0, 0.1) is 0 Å². The number of hydrogen-bond acceptors (Lipinski definition) is 3. The Morgan fingerprint density at radius 1 is 1.12 bits per heavy atom. The van der Waals surface area contributed by atoms with Crippen LogP contribution >= 0.6 is 0 Å². The number of carbonyl (C=O) groups excluding carboxylic acids is 1. The van der Waals surface area contributed by atoms with Crippen LogP contribution in [0.1, 0.15) is 37.2 Å². The Kier molecular flexibility index (Phi) is 7.83. The quantitative estimate of drug-likeness (QED) is 0.832. The Labute approximate surface area is 144 Å². The lowest BCUT2D eigenvalue weighted by Crippen LogP contribution is -2.34. The average Bonchev–Trinajstić information content (AvgIpc) is 2.56. The molecular weight excluding hydrogens is 302 g/mol. The maximum atomic E-state index is 12.3. The Bertz CT molecular complexity index is 638. The van der Waals surface area contributed by atoms with Gasteiger partial charge in [-0.25, -0.2) is 0 Å². The van der Waals surface area contributed by atoms with Gasteiger partial charge in [-0.1, -0.05) is 25.6 Å². The van der Waals surface area contributed by atoms with Gasteiger partial charge >= 0.3 is 0 Å². The molecule has 1 amide bonds. The summed E-state index contributed by atoms with van der Waals surface area (Å²) in [4.78, 5) is 12.3. The highest BCUT2D eigenvalue weighted by Crippen LogP contribution is 2.15. The Hall–Kier alpha value is -2.49. The van der Waals surface area contributed by atoms with Gasteiger partial charge in [0.05, 0.1) is 13.7 Å². The van der Waals surface area contributed by atoms with E-state index in [1.165, 1.54) is 0 Å². The lowest BCUT2D eigenvalue weighted by molar-refractivity contribution is 0.0939. The minimum atomic E-state index is -0.0902. The zero-order valence-corrected chi connectivity index (χ0v) is 13.8. The molecule has 130 valence electrons. The summed E-state index contributed by atoms with van der Waals surface area (Å²) >= 11 is 0. The van der Waals surface area contributed by atoms with E-state index >= 15 is 0 Å². The molecule has 0 saturated carbocycles. The van der Waals surface area contributed by atoms with Crippen molar-refractivity contribution in [3.05, 3.63) is 59.7 Å². The lowest BCUT2D eigenvalue weighted by atomic mass is 10.1. The van der Waals surface area contributed by atoms with Crippen molar-refractivity contribution in [3.8, 4) is 11.5 Å². The summed E-state index contributed by atoms with van der Waals surface area (Å²) in [5, 5.41) is 3.02. The smallest absolute Gasteiger partial charge is 0.251 e. The maximum absolute atomic E-state index is 12.3. The van der Waals surface area contributed by atoms with Gasteiger partial charge in [-0.3, -0.25) is 4.79 Å². The first-order valence-electron chi connectivity index (χ1n) is 7.79. The fraction of sp³-hybridized carbons (Fsp3) is 0.350. The van der Waals surface area contributed by atoms with E-state index < -0.39 is 0 Å². The molecule has 2 aromatic carbocycles. The van der Waals surface area contributed by atoms with Crippen LogP contribution in [-0.2, 0) is 6.42 Å². The van der Waals surface area contributed by atoms with Crippen LogP contribution in [-0.4, -0.2) is 25.7 Å². The maximum Gasteiger partial charge on any atom is 0.251 e. The summed E-state index contributed by atoms with van der Waals surface area (Å²) in [5.74, 6) is 1.45. The molecule has 0 fully saturated rings. The van der Waals surface area contributed by atoms with E-state index in [2.05, 4.69) is 5.32 Å². The molecule has 0 aliphatic rings. The highest BCUT2D eigenvalue weighted by atomic mass is 16.5. The first-order chi connectivity index (χ1) is 11.1. The van der Waals surface area contributed by atoms with E-state index in [0.717, 1.165) is 17.7 Å². The number of benzene rings is 2. The minimum Gasteiger partial charge on any atom is -0.497 e. The topological polar surface area (TPSA) is 47.6 Å². The number of hydrogen-bond donors (Lipinski definition) is 1. The highest BCUT2D eigenvalue weighted by molar-refractivity contribution is 5.94. The molecule has 1 N–H and O–H groups in total. The number of rotatable bonds is 7. The zero-order valence-electron chi connectivity index (χ0n) is 13.8. The Morgan fingerprint density at radius 2 is 1.83 bits per heavy atom. The normalized spacial score (nSPS) is 11.1. The number of carbonyl (C=O) groups is 1. The molecule has 0 radical (unpaired) electrons. The summed E-state index contributed by atoms with van der Waals surface area (Å²) in [7, 11) is 1.65. The van der Waals surface area contributed by atoms with Gasteiger partial charge < -0.3 is 14.8 Å². The monoisotopic (exact) mass is 329 g/mol. The third-order valence-electron chi connectivity index (χ3n) is 3.49. The van der Waals surface area contributed by atoms with Crippen LogP contribution in [0.15, 0.2) is 48.5 Å². The molecule has 0 saturated heterocycles. The van der Waals surface area contributed by atoms with Gasteiger partial charge in [-0.2, -0.15) is 0 Å². The third kappa shape index (κ3) is 5.61. The summed E-state index contributed by atoms with van der Waals surface area (Å²) in [6.07, 6.45) is 0.765. The van der Waals surface area contributed by atoms with Crippen LogP contribution in [0.25, 0.3) is 0 Å². The molecule has 4 heteroatoms. The predicted molar refractivity (Wildman–Crippen MR) is 98.0 cm³/mol. The van der Waals surface area contributed by atoms with Gasteiger partial charge in [0, 0.05) is 11.6 Å². The second-order valence-electron chi connectivity index (χ2n) is 5.39. The molecule has 2 aromatic rings. The van der Waals surface area contributed by atoms with Crippen molar-refractivity contribution in [2.75, 3.05) is 13.7 Å². The predicted octanol–water partition coefficient (Wildman–Crippen LogP) is 4.09. The van der Waals surface area contributed by atoms with Crippen molar-refractivity contribution in [2.45, 2.75) is 33.7 Å². The third-order valence-corrected chi connectivity index (χ3v) is 3.49. The molecule has 0 aromatic heterocycles. The molecule has 0 spiro atoms. The van der Waals surface area contributed by atoms with Crippen LogP contribution in [0.2, 0.25) is 0 Å². The molecule has 0 heterocycles. The van der Waals surface area contributed by atoms with Crippen molar-refractivity contribution in [2.24, 2.45) is 0 Å². The number of methoxy groups -OCH3 is 1. The van der Waals surface area contributed by atoms with Crippen LogP contribution in [0.3, 0.4) is 0 Å².